The van der Waals surface area contributed by atoms with E-state index >= 15 is 0 Å². The summed E-state index contributed by atoms with van der Waals surface area (Å²) < 4.78 is 10.7. The highest BCUT2D eigenvalue weighted by Gasteiger charge is 2.14. The minimum atomic E-state index is 0.110. The van der Waals surface area contributed by atoms with Crippen LogP contribution in [0.1, 0.15) is 26.2 Å². The van der Waals surface area contributed by atoms with Crippen molar-refractivity contribution in [2.24, 2.45) is 5.92 Å². The van der Waals surface area contributed by atoms with E-state index in [9.17, 15) is 4.79 Å². The Morgan fingerprint density at radius 2 is 2.47 bits per heavy atom. The zero-order valence-corrected chi connectivity index (χ0v) is 9.46. The molecule has 1 fully saturated rings. The smallest absolute Gasteiger partial charge is 0.219 e. The molecule has 0 aliphatic carbocycles. The molecule has 1 saturated heterocycles. The Labute approximate surface area is 91.3 Å². The largest absolute Gasteiger partial charge is 0.381 e. The van der Waals surface area contributed by atoms with Crippen molar-refractivity contribution >= 4 is 5.91 Å². The van der Waals surface area contributed by atoms with Crippen molar-refractivity contribution in [1.29, 1.82) is 0 Å². The first-order valence-electron chi connectivity index (χ1n) is 5.75. The molecule has 15 heavy (non-hydrogen) atoms. The fourth-order valence-electron chi connectivity index (χ4n) is 1.49. The highest BCUT2D eigenvalue weighted by atomic mass is 16.5. The van der Waals surface area contributed by atoms with Gasteiger partial charge >= 0.3 is 0 Å². The lowest BCUT2D eigenvalue weighted by atomic mass is 10.1. The topological polar surface area (TPSA) is 47.6 Å². The van der Waals surface area contributed by atoms with Gasteiger partial charge in [0.25, 0.3) is 0 Å². The van der Waals surface area contributed by atoms with Gasteiger partial charge in [0.05, 0.1) is 13.2 Å². The average molecular weight is 215 g/mol. The maximum absolute atomic E-state index is 10.9. The predicted octanol–water partition coefficient (Wildman–Crippen LogP) is 0.956. The van der Waals surface area contributed by atoms with E-state index in [0.717, 1.165) is 39.3 Å². The van der Waals surface area contributed by atoms with Crippen LogP contribution in [-0.2, 0) is 14.3 Å². The van der Waals surface area contributed by atoms with Crippen LogP contribution < -0.4 is 5.32 Å². The number of amides is 1. The summed E-state index contributed by atoms with van der Waals surface area (Å²) in [6.45, 7) is 5.80. The fraction of sp³-hybridized carbons (Fsp3) is 0.909. The molecule has 0 radical (unpaired) electrons. The lowest BCUT2D eigenvalue weighted by Crippen LogP contribution is -2.24. The van der Waals surface area contributed by atoms with E-state index in [-0.39, 0.29) is 5.91 Å². The number of carbonyl (C=O) groups excluding carboxylic acids is 1. The summed E-state index contributed by atoms with van der Waals surface area (Å²) in [7, 11) is 0. The van der Waals surface area contributed by atoms with Gasteiger partial charge in [0.15, 0.2) is 0 Å². The zero-order valence-electron chi connectivity index (χ0n) is 9.46. The Bertz CT molecular complexity index is 179. The van der Waals surface area contributed by atoms with Crippen molar-refractivity contribution in [2.45, 2.75) is 26.2 Å². The van der Waals surface area contributed by atoms with Crippen LogP contribution in [-0.4, -0.2) is 38.9 Å². The van der Waals surface area contributed by atoms with Gasteiger partial charge in [-0.2, -0.15) is 0 Å². The van der Waals surface area contributed by atoms with Crippen LogP contribution in [0.4, 0.5) is 0 Å². The first-order valence-corrected chi connectivity index (χ1v) is 5.75. The van der Waals surface area contributed by atoms with Gasteiger partial charge in [-0.1, -0.05) is 6.92 Å². The van der Waals surface area contributed by atoms with E-state index < -0.39 is 0 Å². The molecular weight excluding hydrogens is 194 g/mol. The van der Waals surface area contributed by atoms with Gasteiger partial charge in [0, 0.05) is 32.1 Å². The van der Waals surface area contributed by atoms with Crippen LogP contribution in [0, 0.1) is 5.92 Å². The number of nitrogens with one attached hydrogen (secondary N) is 1. The Hall–Kier alpha value is -0.610. The summed E-state index contributed by atoms with van der Waals surface area (Å²) in [6, 6.07) is 0. The van der Waals surface area contributed by atoms with Crippen molar-refractivity contribution in [3.8, 4) is 0 Å². The molecule has 0 aromatic rings. The molecule has 1 aliphatic heterocycles. The lowest BCUT2D eigenvalue weighted by Gasteiger charge is -2.08. The first-order chi connectivity index (χ1) is 7.33. The number of rotatable bonds is 7. The quantitative estimate of drug-likeness (QED) is 0.643. The Kier molecular flexibility index (Phi) is 6.36. The van der Waals surface area contributed by atoms with E-state index in [1.807, 2.05) is 6.92 Å². The molecule has 0 bridgehead atoms. The standard InChI is InChI=1S/C11H21NO3/c1-2-11(13)12-5-3-6-14-8-10-4-7-15-9-10/h10H,2-9H2,1H3,(H,12,13)/t10-/m1/s1. The molecule has 1 N–H and O–H groups in total. The van der Waals surface area contributed by atoms with Crippen molar-refractivity contribution in [3.63, 3.8) is 0 Å². The molecule has 1 heterocycles. The van der Waals surface area contributed by atoms with Crippen LogP contribution in [0.25, 0.3) is 0 Å². The summed E-state index contributed by atoms with van der Waals surface area (Å²) >= 11 is 0. The SMILES string of the molecule is CCC(=O)NCCCOC[C@H]1CCOC1. The van der Waals surface area contributed by atoms with Crippen molar-refractivity contribution < 1.29 is 14.3 Å². The molecule has 4 nitrogen and oxygen atoms in total. The van der Waals surface area contributed by atoms with Gasteiger partial charge in [-0.25, -0.2) is 0 Å². The number of carbonyl (C=O) groups is 1. The molecule has 0 aromatic heterocycles. The number of hydrogen-bond donors (Lipinski definition) is 1. The third kappa shape index (κ3) is 5.74. The first kappa shape index (κ1) is 12.5. The zero-order chi connectivity index (χ0) is 10.9. The van der Waals surface area contributed by atoms with Gasteiger partial charge in [-0.15, -0.1) is 0 Å². The predicted molar refractivity (Wildman–Crippen MR) is 57.7 cm³/mol. The van der Waals surface area contributed by atoms with Crippen LogP contribution >= 0.6 is 0 Å². The molecule has 88 valence electrons. The Morgan fingerprint density at radius 1 is 1.60 bits per heavy atom. The molecule has 0 aromatic carbocycles. The Balaban J connectivity index is 1.82. The minimum absolute atomic E-state index is 0.110. The van der Waals surface area contributed by atoms with E-state index in [1.165, 1.54) is 0 Å². The van der Waals surface area contributed by atoms with E-state index in [0.29, 0.717) is 18.9 Å². The fourth-order valence-corrected chi connectivity index (χ4v) is 1.49. The molecule has 0 saturated carbocycles. The second-order valence-corrected chi connectivity index (χ2v) is 3.86. The lowest BCUT2D eigenvalue weighted by molar-refractivity contribution is -0.120. The summed E-state index contributed by atoms with van der Waals surface area (Å²) in [4.78, 5) is 10.9. The van der Waals surface area contributed by atoms with Gasteiger partial charge in [0.2, 0.25) is 5.91 Å². The van der Waals surface area contributed by atoms with Crippen LogP contribution in [0.5, 0.6) is 0 Å². The molecule has 0 unspecified atom stereocenters. The summed E-state index contributed by atoms with van der Waals surface area (Å²) in [5.41, 5.74) is 0. The number of ether oxygens (including phenoxy) is 2. The van der Waals surface area contributed by atoms with Crippen LogP contribution in [0.3, 0.4) is 0 Å². The van der Waals surface area contributed by atoms with Crippen LogP contribution in [0.2, 0.25) is 0 Å². The maximum Gasteiger partial charge on any atom is 0.219 e. The highest BCUT2D eigenvalue weighted by Crippen LogP contribution is 2.12. The average Bonchev–Trinajstić information content (AvgIpc) is 2.75. The van der Waals surface area contributed by atoms with E-state index in [2.05, 4.69) is 5.32 Å². The molecule has 1 amide bonds. The molecular formula is C11H21NO3. The maximum atomic E-state index is 10.9. The minimum Gasteiger partial charge on any atom is -0.381 e. The second kappa shape index (κ2) is 7.65. The summed E-state index contributed by atoms with van der Waals surface area (Å²) in [5.74, 6) is 0.689. The molecule has 0 spiro atoms. The normalized spacial score (nSPS) is 20.5. The third-order valence-corrected chi connectivity index (χ3v) is 2.49. The van der Waals surface area contributed by atoms with Gasteiger partial charge in [-0.3, -0.25) is 4.79 Å². The molecule has 1 atom stereocenters. The second-order valence-electron chi connectivity index (χ2n) is 3.86. The highest BCUT2D eigenvalue weighted by molar-refractivity contribution is 5.75. The number of hydrogen-bond acceptors (Lipinski definition) is 3. The summed E-state index contributed by atoms with van der Waals surface area (Å²) in [5, 5.41) is 2.82. The van der Waals surface area contributed by atoms with Crippen molar-refractivity contribution in [1.82, 2.24) is 5.32 Å². The summed E-state index contributed by atoms with van der Waals surface area (Å²) in [6.07, 6.45) is 2.56. The third-order valence-electron chi connectivity index (χ3n) is 2.49. The van der Waals surface area contributed by atoms with Gasteiger partial charge in [-0.05, 0) is 12.8 Å². The molecule has 4 heteroatoms. The van der Waals surface area contributed by atoms with Gasteiger partial charge < -0.3 is 14.8 Å². The van der Waals surface area contributed by atoms with Gasteiger partial charge in [0.1, 0.15) is 0 Å². The van der Waals surface area contributed by atoms with Crippen molar-refractivity contribution in [3.05, 3.63) is 0 Å². The van der Waals surface area contributed by atoms with E-state index in [1.54, 1.807) is 0 Å². The van der Waals surface area contributed by atoms with Crippen molar-refractivity contribution in [2.75, 3.05) is 33.0 Å². The molecule has 1 aliphatic rings. The Morgan fingerprint density at radius 3 is 3.13 bits per heavy atom. The van der Waals surface area contributed by atoms with Crippen LogP contribution in [0.15, 0.2) is 0 Å². The monoisotopic (exact) mass is 215 g/mol. The molecule has 1 rings (SSSR count). The van der Waals surface area contributed by atoms with E-state index in [4.69, 9.17) is 9.47 Å².